The second-order valence-electron chi connectivity index (χ2n) is 6.99. The highest BCUT2D eigenvalue weighted by molar-refractivity contribution is 6.04. The SMILES string of the molecule is O=C(Nc1nc2ccccc2n1CCc1ccccn1)c1ccc2ccccc2n1. The molecule has 0 radical (unpaired) electrons. The van der Waals surface area contributed by atoms with Crippen molar-refractivity contribution < 1.29 is 4.79 Å². The molecule has 0 fully saturated rings. The van der Waals surface area contributed by atoms with E-state index in [4.69, 9.17) is 0 Å². The number of nitrogens with one attached hydrogen (secondary N) is 1. The molecule has 0 aliphatic rings. The van der Waals surface area contributed by atoms with Crippen molar-refractivity contribution in [3.63, 3.8) is 0 Å². The van der Waals surface area contributed by atoms with Crippen LogP contribution in [-0.2, 0) is 13.0 Å². The quantitative estimate of drug-likeness (QED) is 0.478. The number of nitrogens with zero attached hydrogens (tertiary/aromatic N) is 4. The molecule has 1 N–H and O–H groups in total. The predicted molar refractivity (Wildman–Crippen MR) is 117 cm³/mol. The van der Waals surface area contributed by atoms with Crippen molar-refractivity contribution in [2.75, 3.05) is 5.32 Å². The van der Waals surface area contributed by atoms with Gasteiger partial charge in [-0.25, -0.2) is 9.97 Å². The third-order valence-corrected chi connectivity index (χ3v) is 5.03. The van der Waals surface area contributed by atoms with E-state index in [-0.39, 0.29) is 5.91 Å². The third kappa shape index (κ3) is 3.51. The van der Waals surface area contributed by atoms with Crippen molar-refractivity contribution in [1.29, 1.82) is 0 Å². The summed E-state index contributed by atoms with van der Waals surface area (Å²) in [6, 6.07) is 25.1. The van der Waals surface area contributed by atoms with Gasteiger partial charge in [0, 0.05) is 30.2 Å². The van der Waals surface area contributed by atoms with Gasteiger partial charge < -0.3 is 4.57 Å². The number of aryl methyl sites for hydroxylation is 2. The number of benzene rings is 2. The van der Waals surface area contributed by atoms with E-state index in [1.165, 1.54) is 0 Å². The van der Waals surface area contributed by atoms with Crippen molar-refractivity contribution >= 4 is 33.8 Å². The Bertz CT molecular complexity index is 1340. The topological polar surface area (TPSA) is 72.7 Å². The molecular formula is C24H19N5O. The van der Waals surface area contributed by atoms with Gasteiger partial charge in [-0.15, -0.1) is 0 Å². The highest BCUT2D eigenvalue weighted by atomic mass is 16.2. The summed E-state index contributed by atoms with van der Waals surface area (Å²) in [6.07, 6.45) is 2.52. The second-order valence-corrected chi connectivity index (χ2v) is 6.99. The van der Waals surface area contributed by atoms with Crippen molar-refractivity contribution in [1.82, 2.24) is 19.5 Å². The van der Waals surface area contributed by atoms with Gasteiger partial charge in [0.05, 0.1) is 16.6 Å². The van der Waals surface area contributed by atoms with Gasteiger partial charge in [-0.2, -0.15) is 0 Å². The van der Waals surface area contributed by atoms with E-state index < -0.39 is 0 Å². The molecule has 6 heteroatoms. The molecule has 30 heavy (non-hydrogen) atoms. The molecule has 3 heterocycles. The largest absolute Gasteiger partial charge is 0.310 e. The van der Waals surface area contributed by atoms with Gasteiger partial charge >= 0.3 is 0 Å². The molecule has 0 aliphatic heterocycles. The molecular weight excluding hydrogens is 374 g/mol. The summed E-state index contributed by atoms with van der Waals surface area (Å²) in [5, 5.41) is 3.94. The van der Waals surface area contributed by atoms with Gasteiger partial charge in [-0.1, -0.05) is 42.5 Å². The molecule has 0 aliphatic carbocycles. The van der Waals surface area contributed by atoms with Crippen LogP contribution >= 0.6 is 0 Å². The minimum absolute atomic E-state index is 0.282. The average Bonchev–Trinajstić information content (AvgIpc) is 3.15. The van der Waals surface area contributed by atoms with Crippen molar-refractivity contribution in [2.24, 2.45) is 0 Å². The summed E-state index contributed by atoms with van der Waals surface area (Å²) in [5.41, 5.74) is 3.94. The molecule has 0 unspecified atom stereocenters. The minimum Gasteiger partial charge on any atom is -0.310 e. The number of hydrogen-bond donors (Lipinski definition) is 1. The van der Waals surface area contributed by atoms with Gasteiger partial charge in [0.1, 0.15) is 5.69 Å². The summed E-state index contributed by atoms with van der Waals surface area (Å²) in [7, 11) is 0. The zero-order chi connectivity index (χ0) is 20.3. The van der Waals surface area contributed by atoms with Crippen LogP contribution in [0.4, 0.5) is 5.95 Å². The van der Waals surface area contributed by atoms with Crippen LogP contribution in [0.2, 0.25) is 0 Å². The molecule has 0 bridgehead atoms. The fraction of sp³-hybridized carbons (Fsp3) is 0.0833. The molecule has 0 spiro atoms. The first-order chi connectivity index (χ1) is 14.8. The maximum absolute atomic E-state index is 12.9. The maximum Gasteiger partial charge on any atom is 0.276 e. The third-order valence-electron chi connectivity index (χ3n) is 5.03. The maximum atomic E-state index is 12.9. The number of fused-ring (bicyclic) bond motifs is 2. The summed E-state index contributed by atoms with van der Waals surface area (Å²) >= 11 is 0. The summed E-state index contributed by atoms with van der Waals surface area (Å²) < 4.78 is 2.02. The van der Waals surface area contributed by atoms with Crippen LogP contribution in [0.5, 0.6) is 0 Å². The minimum atomic E-state index is -0.282. The Balaban J connectivity index is 1.46. The molecule has 0 saturated carbocycles. The van der Waals surface area contributed by atoms with Gasteiger partial charge in [0.15, 0.2) is 0 Å². The number of pyridine rings is 2. The zero-order valence-electron chi connectivity index (χ0n) is 16.2. The van der Waals surface area contributed by atoms with Gasteiger partial charge in [-0.3, -0.25) is 15.1 Å². The Kier molecular flexibility index (Phi) is 4.65. The normalized spacial score (nSPS) is 11.1. The zero-order valence-corrected chi connectivity index (χ0v) is 16.2. The monoisotopic (exact) mass is 393 g/mol. The summed E-state index contributed by atoms with van der Waals surface area (Å²) in [6.45, 7) is 0.651. The van der Waals surface area contributed by atoms with Gasteiger partial charge in [-0.05, 0) is 36.4 Å². The van der Waals surface area contributed by atoms with E-state index in [9.17, 15) is 4.79 Å². The van der Waals surface area contributed by atoms with E-state index in [1.54, 1.807) is 12.3 Å². The van der Waals surface area contributed by atoms with Crippen molar-refractivity contribution in [3.8, 4) is 0 Å². The highest BCUT2D eigenvalue weighted by Crippen LogP contribution is 2.21. The first-order valence-corrected chi connectivity index (χ1v) is 9.80. The molecule has 2 aromatic carbocycles. The van der Waals surface area contributed by atoms with Gasteiger partial charge in [0.2, 0.25) is 5.95 Å². The summed E-state index contributed by atoms with van der Waals surface area (Å²) in [5.74, 6) is 0.224. The van der Waals surface area contributed by atoms with E-state index in [0.29, 0.717) is 18.2 Å². The number of rotatable bonds is 5. The fourth-order valence-electron chi connectivity index (χ4n) is 3.53. The van der Waals surface area contributed by atoms with Crippen LogP contribution in [0.3, 0.4) is 0 Å². The van der Waals surface area contributed by atoms with E-state index >= 15 is 0 Å². The van der Waals surface area contributed by atoms with Crippen molar-refractivity contribution in [2.45, 2.75) is 13.0 Å². The number of imidazole rings is 1. The lowest BCUT2D eigenvalue weighted by molar-refractivity contribution is 0.102. The Morgan fingerprint density at radius 1 is 0.833 bits per heavy atom. The number of aromatic nitrogens is 4. The number of anilines is 1. The van der Waals surface area contributed by atoms with Crippen LogP contribution in [-0.4, -0.2) is 25.4 Å². The Labute approximate surface area is 173 Å². The van der Waals surface area contributed by atoms with Crippen LogP contribution in [0.15, 0.2) is 85.1 Å². The molecule has 6 nitrogen and oxygen atoms in total. The number of carbonyl (C=O) groups excluding carboxylic acids is 1. The first-order valence-electron chi connectivity index (χ1n) is 9.80. The van der Waals surface area contributed by atoms with Crippen LogP contribution in [0, 0.1) is 0 Å². The number of carbonyl (C=O) groups is 1. The smallest absolute Gasteiger partial charge is 0.276 e. The Morgan fingerprint density at radius 3 is 2.50 bits per heavy atom. The fourth-order valence-corrected chi connectivity index (χ4v) is 3.53. The van der Waals surface area contributed by atoms with Crippen molar-refractivity contribution in [3.05, 3.63) is 96.4 Å². The Morgan fingerprint density at radius 2 is 1.63 bits per heavy atom. The number of hydrogen-bond acceptors (Lipinski definition) is 4. The van der Waals surface area contributed by atoms with E-state index in [0.717, 1.165) is 34.1 Å². The lowest BCUT2D eigenvalue weighted by Crippen LogP contribution is -2.18. The second kappa shape index (κ2) is 7.75. The number of para-hydroxylation sites is 3. The lowest BCUT2D eigenvalue weighted by Gasteiger charge is -2.10. The van der Waals surface area contributed by atoms with E-state index in [1.807, 2.05) is 77.4 Å². The summed E-state index contributed by atoms with van der Waals surface area (Å²) in [4.78, 5) is 26.4. The molecule has 0 atom stereocenters. The van der Waals surface area contributed by atoms with Gasteiger partial charge in [0.25, 0.3) is 5.91 Å². The number of amides is 1. The molecule has 0 saturated heterocycles. The van der Waals surface area contributed by atoms with Crippen LogP contribution in [0.1, 0.15) is 16.2 Å². The van der Waals surface area contributed by atoms with E-state index in [2.05, 4.69) is 20.3 Å². The first kappa shape index (κ1) is 18.0. The molecule has 5 aromatic rings. The molecule has 146 valence electrons. The van der Waals surface area contributed by atoms with Crippen LogP contribution in [0.25, 0.3) is 21.9 Å². The predicted octanol–water partition coefficient (Wildman–Crippen LogP) is 4.47. The lowest BCUT2D eigenvalue weighted by atomic mass is 10.2. The highest BCUT2D eigenvalue weighted by Gasteiger charge is 2.15. The van der Waals surface area contributed by atoms with Crippen LogP contribution < -0.4 is 5.32 Å². The molecule has 1 amide bonds. The Hall–Kier alpha value is -4.06. The average molecular weight is 393 g/mol. The molecule has 5 rings (SSSR count). The molecule has 3 aromatic heterocycles. The standard InChI is InChI=1S/C24H19N5O/c30-23(21-13-12-17-7-1-2-9-19(17)26-21)28-24-27-20-10-3-4-11-22(20)29(24)16-14-18-8-5-6-15-25-18/h1-13,15H,14,16H2,(H,27,28,30).